The van der Waals surface area contributed by atoms with Crippen LogP contribution in [0, 0.1) is 17.8 Å². The van der Waals surface area contributed by atoms with Crippen molar-refractivity contribution < 1.29 is 14.6 Å². The largest absolute Gasteiger partial charge is 0.459 e. The van der Waals surface area contributed by atoms with E-state index in [0.717, 1.165) is 38.8 Å². The van der Waals surface area contributed by atoms with Crippen LogP contribution in [0.15, 0.2) is 30.3 Å². The molecule has 2 rings (SSSR count). The minimum Gasteiger partial charge on any atom is -0.459 e. The molecule has 0 radical (unpaired) electrons. The summed E-state index contributed by atoms with van der Waals surface area (Å²) in [5.74, 6) is 5.31. The van der Waals surface area contributed by atoms with Crippen LogP contribution in [-0.4, -0.2) is 42.2 Å². The Bertz CT molecular complexity index is 611. The van der Waals surface area contributed by atoms with Crippen molar-refractivity contribution in [2.75, 3.05) is 20.1 Å². The number of hydrogen-bond donors (Lipinski definition) is 1. The van der Waals surface area contributed by atoms with E-state index < -0.39 is 11.6 Å². The minimum absolute atomic E-state index is 0.122. The summed E-state index contributed by atoms with van der Waals surface area (Å²) in [6.07, 6.45) is 3.36. The quantitative estimate of drug-likeness (QED) is 0.660. The zero-order chi connectivity index (χ0) is 18.3. The summed E-state index contributed by atoms with van der Waals surface area (Å²) in [7, 11) is 2.05. The lowest BCUT2D eigenvalue weighted by atomic mass is 9.93. The predicted molar refractivity (Wildman–Crippen MR) is 98.8 cm³/mol. The third kappa shape index (κ3) is 5.32. The second-order valence-electron chi connectivity index (χ2n) is 6.94. The zero-order valence-electron chi connectivity index (χ0n) is 15.5. The number of carbonyl (C=O) groups excluding carboxylic acids is 1. The molecule has 1 saturated heterocycles. The third-order valence-corrected chi connectivity index (χ3v) is 4.65. The van der Waals surface area contributed by atoms with Crippen molar-refractivity contribution in [2.24, 2.45) is 5.92 Å². The first-order chi connectivity index (χ1) is 12.0. The minimum atomic E-state index is -1.91. The van der Waals surface area contributed by atoms with E-state index in [1.807, 2.05) is 13.0 Å². The molecule has 4 heteroatoms. The first-order valence-corrected chi connectivity index (χ1v) is 9.16. The van der Waals surface area contributed by atoms with E-state index in [0.29, 0.717) is 5.56 Å². The number of likely N-dealkylation sites (tertiary alicyclic amines) is 1. The average molecular weight is 343 g/mol. The Kier molecular flexibility index (Phi) is 7.04. The summed E-state index contributed by atoms with van der Waals surface area (Å²) in [4.78, 5) is 15.0. The molecule has 0 saturated carbocycles. The molecule has 0 bridgehead atoms. The van der Waals surface area contributed by atoms with Gasteiger partial charge in [0, 0.05) is 24.6 Å². The molecule has 136 valence electrons. The summed E-state index contributed by atoms with van der Waals surface area (Å²) >= 11 is 0. The monoisotopic (exact) mass is 343 g/mol. The maximum absolute atomic E-state index is 12.8. The fourth-order valence-electron chi connectivity index (χ4n) is 2.99. The lowest BCUT2D eigenvalue weighted by Crippen LogP contribution is -2.41. The number of piperidine rings is 1. The molecule has 0 aliphatic carbocycles. The van der Waals surface area contributed by atoms with Crippen molar-refractivity contribution >= 4 is 5.97 Å². The van der Waals surface area contributed by atoms with Crippen molar-refractivity contribution in [3.8, 4) is 11.8 Å². The molecule has 4 nitrogen and oxygen atoms in total. The first kappa shape index (κ1) is 19.5. The summed E-state index contributed by atoms with van der Waals surface area (Å²) in [5.41, 5.74) is -1.45. The highest BCUT2D eigenvalue weighted by Crippen LogP contribution is 2.25. The molecule has 2 unspecified atom stereocenters. The molecule has 1 fully saturated rings. The Hall–Kier alpha value is -1.83. The highest BCUT2D eigenvalue weighted by atomic mass is 16.6. The number of carbonyl (C=O) groups is 1. The Morgan fingerprint density at radius 2 is 2.00 bits per heavy atom. The van der Waals surface area contributed by atoms with E-state index in [1.54, 1.807) is 24.3 Å². The van der Waals surface area contributed by atoms with Crippen LogP contribution in [0.25, 0.3) is 0 Å². The summed E-state index contributed by atoms with van der Waals surface area (Å²) in [6.45, 7) is 5.88. The highest BCUT2D eigenvalue weighted by molar-refractivity contribution is 5.85. The molecule has 1 aromatic rings. The summed E-state index contributed by atoms with van der Waals surface area (Å²) in [6, 6.07) is 8.87. The molecular weight excluding hydrogens is 314 g/mol. The van der Waals surface area contributed by atoms with Crippen molar-refractivity contribution in [1.29, 1.82) is 0 Å². The van der Waals surface area contributed by atoms with Gasteiger partial charge in [-0.05, 0) is 26.3 Å². The van der Waals surface area contributed by atoms with E-state index in [9.17, 15) is 9.90 Å². The smallest absolute Gasteiger partial charge is 0.356 e. The number of hydrogen-bond acceptors (Lipinski definition) is 4. The number of esters is 1. The van der Waals surface area contributed by atoms with Crippen LogP contribution in [0.4, 0.5) is 0 Å². The maximum Gasteiger partial charge on any atom is 0.356 e. The number of benzene rings is 1. The van der Waals surface area contributed by atoms with Crippen LogP contribution in [0.3, 0.4) is 0 Å². The van der Waals surface area contributed by atoms with Crippen LogP contribution in [-0.2, 0) is 15.1 Å². The standard InChI is InChI=1S/C21H29NO3/c1-4-8-17(2)11-14-21(24,18-9-6-5-7-10-18)20(23)25-19-12-15-22(3)16-13-19/h5-7,9-10,17,19,24H,4,8,12-13,15-16H2,1-3H3. The van der Waals surface area contributed by atoms with E-state index in [2.05, 4.69) is 30.7 Å². The molecule has 0 spiro atoms. The fourth-order valence-corrected chi connectivity index (χ4v) is 2.99. The van der Waals surface area contributed by atoms with Crippen LogP contribution in [0.2, 0.25) is 0 Å². The molecule has 25 heavy (non-hydrogen) atoms. The highest BCUT2D eigenvalue weighted by Gasteiger charge is 2.40. The Morgan fingerprint density at radius 3 is 2.60 bits per heavy atom. The van der Waals surface area contributed by atoms with Gasteiger partial charge >= 0.3 is 5.97 Å². The number of rotatable bonds is 5. The van der Waals surface area contributed by atoms with Crippen molar-refractivity contribution in [2.45, 2.75) is 51.2 Å². The summed E-state index contributed by atoms with van der Waals surface area (Å²) in [5, 5.41) is 11.1. The van der Waals surface area contributed by atoms with E-state index >= 15 is 0 Å². The van der Waals surface area contributed by atoms with Gasteiger partial charge in [0.25, 0.3) is 0 Å². The van der Waals surface area contributed by atoms with Crippen molar-refractivity contribution in [3.05, 3.63) is 35.9 Å². The maximum atomic E-state index is 12.8. The van der Waals surface area contributed by atoms with E-state index in [1.165, 1.54) is 0 Å². The molecule has 1 N–H and O–H groups in total. The molecule has 0 amide bonds. The molecule has 2 atom stereocenters. The number of ether oxygens (including phenoxy) is 1. The van der Waals surface area contributed by atoms with Gasteiger partial charge in [0.05, 0.1) is 0 Å². The van der Waals surface area contributed by atoms with E-state index in [-0.39, 0.29) is 12.0 Å². The topological polar surface area (TPSA) is 49.8 Å². The van der Waals surface area contributed by atoms with Crippen molar-refractivity contribution in [3.63, 3.8) is 0 Å². The van der Waals surface area contributed by atoms with Crippen LogP contribution in [0.5, 0.6) is 0 Å². The summed E-state index contributed by atoms with van der Waals surface area (Å²) < 4.78 is 5.63. The van der Waals surface area contributed by atoms with Crippen molar-refractivity contribution in [1.82, 2.24) is 4.90 Å². The SMILES string of the molecule is CCCC(C)C#CC(O)(C(=O)OC1CCN(C)CC1)c1ccccc1. The molecular formula is C21H29NO3. The first-order valence-electron chi connectivity index (χ1n) is 9.16. The van der Waals surface area contributed by atoms with Gasteiger partial charge < -0.3 is 14.7 Å². The van der Waals surface area contributed by atoms with Crippen LogP contribution >= 0.6 is 0 Å². The third-order valence-electron chi connectivity index (χ3n) is 4.65. The van der Waals surface area contributed by atoms with Crippen LogP contribution in [0.1, 0.15) is 45.1 Å². The average Bonchev–Trinajstić information content (AvgIpc) is 2.62. The lowest BCUT2D eigenvalue weighted by Gasteiger charge is -2.31. The zero-order valence-corrected chi connectivity index (χ0v) is 15.5. The lowest BCUT2D eigenvalue weighted by molar-refractivity contribution is -0.168. The van der Waals surface area contributed by atoms with Gasteiger partial charge in [0.2, 0.25) is 5.60 Å². The second kappa shape index (κ2) is 9.03. The predicted octanol–water partition coefficient (Wildman–Crippen LogP) is 2.95. The molecule has 0 aromatic heterocycles. The Labute approximate surface area is 151 Å². The fraction of sp³-hybridized carbons (Fsp3) is 0.571. The normalized spacial score (nSPS) is 19.4. The second-order valence-corrected chi connectivity index (χ2v) is 6.94. The Balaban J connectivity index is 2.20. The van der Waals surface area contributed by atoms with Gasteiger partial charge in [-0.1, -0.05) is 62.4 Å². The van der Waals surface area contributed by atoms with Gasteiger partial charge in [-0.25, -0.2) is 4.79 Å². The molecule has 1 aliphatic rings. The molecule has 1 aliphatic heterocycles. The van der Waals surface area contributed by atoms with Gasteiger partial charge in [-0.15, -0.1) is 0 Å². The van der Waals surface area contributed by atoms with Gasteiger partial charge in [0.1, 0.15) is 6.10 Å². The van der Waals surface area contributed by atoms with Gasteiger partial charge in [0.15, 0.2) is 0 Å². The molecule has 1 heterocycles. The van der Waals surface area contributed by atoms with Gasteiger partial charge in [-0.3, -0.25) is 0 Å². The Morgan fingerprint density at radius 1 is 1.36 bits per heavy atom. The van der Waals surface area contributed by atoms with E-state index in [4.69, 9.17) is 4.74 Å². The molecule has 1 aromatic carbocycles. The van der Waals surface area contributed by atoms with Gasteiger partial charge in [-0.2, -0.15) is 0 Å². The van der Waals surface area contributed by atoms with Crippen LogP contribution < -0.4 is 0 Å². The number of nitrogens with zero attached hydrogens (tertiary/aromatic N) is 1. The number of aliphatic hydroxyl groups is 1.